The summed E-state index contributed by atoms with van der Waals surface area (Å²) in [5.41, 5.74) is 1.59. The molecule has 1 aromatic carbocycles. The second kappa shape index (κ2) is 6.64. The van der Waals surface area contributed by atoms with E-state index < -0.39 is 0 Å². The number of fused-ring (bicyclic) bond motifs is 1. The Morgan fingerprint density at radius 3 is 2.88 bits per heavy atom. The molecule has 25 heavy (non-hydrogen) atoms. The van der Waals surface area contributed by atoms with Crippen molar-refractivity contribution < 1.29 is 9.53 Å². The first-order valence-electron chi connectivity index (χ1n) is 8.21. The fraction of sp³-hybridized carbons (Fsp3) is 0.211. The molecule has 1 aliphatic rings. The van der Waals surface area contributed by atoms with Crippen molar-refractivity contribution in [3.05, 3.63) is 59.7 Å². The molecule has 0 radical (unpaired) electrons. The molecule has 3 aromatic rings. The molecule has 0 saturated heterocycles. The summed E-state index contributed by atoms with van der Waals surface area (Å²) in [6.45, 7) is 2.61. The van der Waals surface area contributed by atoms with Crippen molar-refractivity contribution in [3.63, 3.8) is 0 Å². The van der Waals surface area contributed by atoms with Crippen LogP contribution in [0.15, 0.2) is 54.9 Å². The number of rotatable bonds is 3. The molecule has 0 bridgehead atoms. The standard InChI is InChI=1S/C19H17N3O2S/c1-2-13-12-22(15-8-3-4-9-16(15)24-13)19(23)17-11-21-18(25-17)14-7-5-6-10-20-14/h3-11,13H,2,12H2,1H3/t13-/m0/s1. The fourth-order valence-electron chi connectivity index (χ4n) is 2.82. The maximum Gasteiger partial charge on any atom is 0.270 e. The smallest absolute Gasteiger partial charge is 0.270 e. The van der Waals surface area contributed by atoms with Gasteiger partial charge in [0.15, 0.2) is 0 Å². The zero-order valence-electron chi connectivity index (χ0n) is 13.8. The Labute approximate surface area is 149 Å². The molecular weight excluding hydrogens is 334 g/mol. The van der Waals surface area contributed by atoms with Crippen molar-refractivity contribution in [3.8, 4) is 16.5 Å². The second-order valence-electron chi connectivity index (χ2n) is 5.78. The number of nitrogens with zero attached hydrogens (tertiary/aromatic N) is 3. The summed E-state index contributed by atoms with van der Waals surface area (Å²) in [5.74, 6) is 0.706. The number of anilines is 1. The molecule has 6 heteroatoms. The zero-order valence-corrected chi connectivity index (χ0v) is 14.6. The van der Waals surface area contributed by atoms with Gasteiger partial charge in [0.05, 0.1) is 24.1 Å². The molecule has 0 fully saturated rings. The van der Waals surface area contributed by atoms with Crippen LogP contribution in [0.4, 0.5) is 5.69 Å². The van der Waals surface area contributed by atoms with Crippen molar-refractivity contribution in [2.75, 3.05) is 11.4 Å². The molecule has 1 amide bonds. The summed E-state index contributed by atoms with van der Waals surface area (Å²) in [7, 11) is 0. The number of carbonyl (C=O) groups excluding carboxylic acids is 1. The van der Waals surface area contributed by atoms with E-state index in [-0.39, 0.29) is 12.0 Å². The SMILES string of the molecule is CC[C@H]1CN(C(=O)c2cnc(-c3ccccn3)s2)c2ccccc2O1. The van der Waals surface area contributed by atoms with E-state index in [1.165, 1.54) is 11.3 Å². The van der Waals surface area contributed by atoms with Gasteiger partial charge in [-0.05, 0) is 30.7 Å². The first-order chi connectivity index (χ1) is 12.3. The van der Waals surface area contributed by atoms with Crippen LogP contribution >= 0.6 is 11.3 Å². The maximum absolute atomic E-state index is 13.1. The molecule has 0 aliphatic carbocycles. The number of aromatic nitrogens is 2. The molecule has 0 N–H and O–H groups in total. The highest BCUT2D eigenvalue weighted by atomic mass is 32.1. The molecular formula is C19H17N3O2S. The van der Waals surface area contributed by atoms with E-state index in [1.54, 1.807) is 17.3 Å². The summed E-state index contributed by atoms with van der Waals surface area (Å²) >= 11 is 1.37. The number of thiazole rings is 1. The molecule has 2 aromatic heterocycles. The van der Waals surface area contributed by atoms with Gasteiger partial charge in [0, 0.05) is 6.20 Å². The molecule has 4 rings (SSSR count). The maximum atomic E-state index is 13.1. The summed E-state index contributed by atoms with van der Waals surface area (Å²) in [4.78, 5) is 24.2. The van der Waals surface area contributed by atoms with Crippen LogP contribution in [0.25, 0.3) is 10.7 Å². The highest BCUT2D eigenvalue weighted by Gasteiger charge is 2.30. The van der Waals surface area contributed by atoms with Crippen LogP contribution in [0.2, 0.25) is 0 Å². The first kappa shape index (κ1) is 15.8. The lowest BCUT2D eigenvalue weighted by molar-refractivity contribution is 0.0958. The summed E-state index contributed by atoms with van der Waals surface area (Å²) < 4.78 is 5.96. The van der Waals surface area contributed by atoms with Gasteiger partial charge in [-0.15, -0.1) is 11.3 Å². The van der Waals surface area contributed by atoms with Gasteiger partial charge in [-0.2, -0.15) is 0 Å². The number of hydrogen-bond acceptors (Lipinski definition) is 5. The molecule has 5 nitrogen and oxygen atoms in total. The second-order valence-corrected chi connectivity index (χ2v) is 6.81. The van der Waals surface area contributed by atoms with Crippen LogP contribution in [0.1, 0.15) is 23.0 Å². The molecule has 0 saturated carbocycles. The number of para-hydroxylation sites is 2. The Morgan fingerprint density at radius 2 is 2.08 bits per heavy atom. The Kier molecular flexibility index (Phi) is 4.19. The fourth-order valence-corrected chi connectivity index (χ4v) is 3.66. The van der Waals surface area contributed by atoms with Crippen molar-refractivity contribution >= 4 is 22.9 Å². The highest BCUT2D eigenvalue weighted by Crippen LogP contribution is 2.35. The Morgan fingerprint density at radius 1 is 1.24 bits per heavy atom. The topological polar surface area (TPSA) is 55.3 Å². The Hall–Kier alpha value is -2.73. The molecule has 1 aliphatic heterocycles. The third-order valence-corrected chi connectivity index (χ3v) is 5.14. The number of hydrogen-bond donors (Lipinski definition) is 0. The van der Waals surface area contributed by atoms with Gasteiger partial charge in [0.2, 0.25) is 0 Å². The lowest BCUT2D eigenvalue weighted by Gasteiger charge is -2.34. The first-order valence-corrected chi connectivity index (χ1v) is 9.02. The summed E-state index contributed by atoms with van der Waals surface area (Å²) in [6.07, 6.45) is 4.21. The van der Waals surface area contributed by atoms with Gasteiger partial charge >= 0.3 is 0 Å². The van der Waals surface area contributed by atoms with E-state index in [0.29, 0.717) is 11.4 Å². The van der Waals surface area contributed by atoms with Crippen molar-refractivity contribution in [1.29, 1.82) is 0 Å². The molecule has 1 atom stereocenters. The number of pyridine rings is 1. The van der Waals surface area contributed by atoms with E-state index >= 15 is 0 Å². The van der Waals surface area contributed by atoms with Crippen molar-refractivity contribution in [2.24, 2.45) is 0 Å². The summed E-state index contributed by atoms with van der Waals surface area (Å²) in [5, 5.41) is 0.748. The lowest BCUT2D eigenvalue weighted by Crippen LogP contribution is -2.43. The van der Waals surface area contributed by atoms with E-state index in [4.69, 9.17) is 4.74 Å². The quantitative estimate of drug-likeness (QED) is 0.715. The van der Waals surface area contributed by atoms with Gasteiger partial charge in [-0.3, -0.25) is 9.78 Å². The highest BCUT2D eigenvalue weighted by molar-refractivity contribution is 7.17. The van der Waals surface area contributed by atoms with Crippen molar-refractivity contribution in [1.82, 2.24) is 9.97 Å². The van der Waals surface area contributed by atoms with Crippen LogP contribution in [0.3, 0.4) is 0 Å². The molecule has 0 unspecified atom stereocenters. The van der Waals surface area contributed by atoms with Gasteiger partial charge in [-0.1, -0.05) is 25.1 Å². The van der Waals surface area contributed by atoms with Crippen LogP contribution in [-0.2, 0) is 0 Å². The third kappa shape index (κ3) is 3.00. The van der Waals surface area contributed by atoms with E-state index in [1.807, 2.05) is 42.5 Å². The normalized spacial score (nSPS) is 16.2. The number of benzene rings is 1. The van der Waals surface area contributed by atoms with Gasteiger partial charge in [0.1, 0.15) is 21.7 Å². The van der Waals surface area contributed by atoms with Gasteiger partial charge in [-0.25, -0.2) is 4.98 Å². The monoisotopic (exact) mass is 351 g/mol. The minimum absolute atomic E-state index is 0.00188. The molecule has 0 spiro atoms. The Bertz CT molecular complexity index is 894. The van der Waals surface area contributed by atoms with E-state index in [9.17, 15) is 4.79 Å². The Balaban J connectivity index is 1.66. The minimum atomic E-state index is -0.0473. The predicted octanol–water partition coefficient (Wildman–Crippen LogP) is 4.02. The predicted molar refractivity (Wildman–Crippen MR) is 98.2 cm³/mol. The minimum Gasteiger partial charge on any atom is -0.486 e. The number of amides is 1. The number of carbonyl (C=O) groups is 1. The van der Waals surface area contributed by atoms with Crippen LogP contribution < -0.4 is 9.64 Å². The van der Waals surface area contributed by atoms with Gasteiger partial charge in [0.25, 0.3) is 5.91 Å². The largest absolute Gasteiger partial charge is 0.486 e. The van der Waals surface area contributed by atoms with Crippen LogP contribution in [-0.4, -0.2) is 28.5 Å². The van der Waals surface area contributed by atoms with Gasteiger partial charge < -0.3 is 9.64 Å². The van der Waals surface area contributed by atoms with E-state index in [2.05, 4.69) is 16.9 Å². The van der Waals surface area contributed by atoms with Crippen molar-refractivity contribution in [2.45, 2.75) is 19.4 Å². The average molecular weight is 351 g/mol. The lowest BCUT2D eigenvalue weighted by atomic mass is 10.1. The molecule has 126 valence electrons. The zero-order chi connectivity index (χ0) is 17.2. The average Bonchev–Trinajstić information content (AvgIpc) is 3.17. The van der Waals surface area contributed by atoms with Crippen LogP contribution in [0.5, 0.6) is 5.75 Å². The van der Waals surface area contributed by atoms with Crippen LogP contribution in [0, 0.1) is 0 Å². The number of ether oxygens (including phenoxy) is 1. The summed E-state index contributed by atoms with van der Waals surface area (Å²) in [6, 6.07) is 13.3. The molecule has 3 heterocycles. The van der Waals surface area contributed by atoms with E-state index in [0.717, 1.165) is 28.6 Å². The third-order valence-electron chi connectivity index (χ3n) is 4.14.